The molecule has 4 saturated carbocycles. The number of aliphatic hydroxyl groups excluding tert-OH is 3. The van der Waals surface area contributed by atoms with Crippen LogP contribution in [-0.4, -0.2) is 94.1 Å². The highest BCUT2D eigenvalue weighted by molar-refractivity contribution is 5.91. The number of ether oxygens (including phenoxy) is 5. The highest BCUT2D eigenvalue weighted by Gasteiger charge is 2.92. The third-order valence-electron chi connectivity index (χ3n) is 13.9. The number of hydrogen-bond donors (Lipinski definition) is 3. The van der Waals surface area contributed by atoms with Gasteiger partial charge in [-0.05, 0) is 43.7 Å². The predicted octanol–water partition coefficient (Wildman–Crippen LogP) is 2.03. The molecule has 1 aromatic heterocycles. The van der Waals surface area contributed by atoms with Crippen molar-refractivity contribution in [2.75, 3.05) is 6.61 Å². The first-order valence-corrected chi connectivity index (χ1v) is 16.9. The van der Waals surface area contributed by atoms with Crippen molar-refractivity contribution < 1.29 is 62.6 Å². The normalized spacial score (nSPS) is 50.6. The first-order valence-electron chi connectivity index (χ1n) is 16.9. The second kappa shape index (κ2) is 10.6. The third kappa shape index (κ3) is 3.74. The number of hydrogen-bond acceptors (Lipinski definition) is 13. The van der Waals surface area contributed by atoms with Crippen LogP contribution in [0.25, 0.3) is 0 Å². The Hall–Kier alpha value is -2.84. The van der Waals surface area contributed by atoms with Crippen molar-refractivity contribution in [1.29, 1.82) is 0 Å². The lowest BCUT2D eigenvalue weighted by atomic mass is 9.33. The summed E-state index contributed by atoms with van der Waals surface area (Å²) in [5.74, 6) is -5.68. The summed E-state index contributed by atoms with van der Waals surface area (Å²) in [5.41, 5.74) is -6.04. The highest BCUT2D eigenvalue weighted by atomic mass is 16.7. The van der Waals surface area contributed by atoms with E-state index >= 15 is 4.79 Å². The molecular weight excluding hydrogens is 628 g/mol. The lowest BCUT2D eigenvalue weighted by molar-refractivity contribution is -0.391. The van der Waals surface area contributed by atoms with Crippen LogP contribution >= 0.6 is 0 Å². The molecule has 2 saturated heterocycles. The molecule has 3 heterocycles. The van der Waals surface area contributed by atoms with Crippen LogP contribution in [0.15, 0.2) is 23.0 Å². The van der Waals surface area contributed by atoms with Crippen molar-refractivity contribution in [2.24, 2.45) is 39.4 Å². The number of carbonyl (C=O) groups excluding carboxylic acids is 4. The number of fused-ring (bicyclic) bond motifs is 1. The molecule has 2 bridgehead atoms. The Morgan fingerprint density at radius 1 is 1.02 bits per heavy atom. The summed E-state index contributed by atoms with van der Waals surface area (Å²) in [4.78, 5) is 53.5. The van der Waals surface area contributed by atoms with E-state index in [1.165, 1.54) is 13.2 Å². The Bertz CT molecular complexity index is 1530. The predicted molar refractivity (Wildman–Crippen MR) is 161 cm³/mol. The molecule has 1 spiro atoms. The van der Waals surface area contributed by atoms with Crippen LogP contribution in [0.4, 0.5) is 0 Å². The van der Waals surface area contributed by atoms with Gasteiger partial charge in [0.05, 0.1) is 42.7 Å². The van der Waals surface area contributed by atoms with Gasteiger partial charge in [-0.2, -0.15) is 0 Å². The van der Waals surface area contributed by atoms with E-state index < -0.39 is 112 Å². The van der Waals surface area contributed by atoms with Gasteiger partial charge >= 0.3 is 17.9 Å². The molecule has 0 amide bonds. The molecule has 264 valence electrons. The van der Waals surface area contributed by atoms with E-state index in [1.54, 1.807) is 33.1 Å². The van der Waals surface area contributed by atoms with Crippen molar-refractivity contribution in [1.82, 2.24) is 0 Å². The van der Waals surface area contributed by atoms with Crippen LogP contribution in [0, 0.1) is 39.4 Å². The number of esters is 3. The number of Topliss-reactive ketones (excluding diaryl/α,β-unsaturated/α-hetero) is 1. The average molecular weight is 675 g/mol. The lowest BCUT2D eigenvalue weighted by Gasteiger charge is -2.73. The average Bonchev–Trinajstić information content (AvgIpc) is 3.39. The smallest absolute Gasteiger partial charge is 0.310 e. The summed E-state index contributed by atoms with van der Waals surface area (Å²) in [6.45, 7) is 10.8. The first-order chi connectivity index (χ1) is 22.5. The molecule has 48 heavy (non-hydrogen) atoms. The van der Waals surface area contributed by atoms with E-state index in [2.05, 4.69) is 0 Å². The minimum atomic E-state index is -1.66. The number of rotatable bonds is 6. The number of furan rings is 1. The molecule has 3 N–H and O–H groups in total. The quantitative estimate of drug-likeness (QED) is 0.226. The molecule has 2 aliphatic heterocycles. The van der Waals surface area contributed by atoms with E-state index in [1.807, 2.05) is 13.8 Å². The molecule has 7 rings (SSSR count). The summed E-state index contributed by atoms with van der Waals surface area (Å²) >= 11 is 0. The molecule has 0 radical (unpaired) electrons. The fourth-order valence-corrected chi connectivity index (χ4v) is 11.6. The Morgan fingerprint density at radius 2 is 1.71 bits per heavy atom. The maximum Gasteiger partial charge on any atom is 0.310 e. The van der Waals surface area contributed by atoms with Crippen LogP contribution in [0.2, 0.25) is 0 Å². The summed E-state index contributed by atoms with van der Waals surface area (Å²) in [5, 5.41) is 37.2. The number of epoxide rings is 1. The summed E-state index contributed by atoms with van der Waals surface area (Å²) in [6.07, 6.45) is -5.09. The molecule has 4 aliphatic carbocycles. The summed E-state index contributed by atoms with van der Waals surface area (Å²) < 4.78 is 35.9. The van der Waals surface area contributed by atoms with E-state index in [-0.39, 0.29) is 18.9 Å². The number of ketones is 1. The van der Waals surface area contributed by atoms with Crippen molar-refractivity contribution in [3.63, 3.8) is 0 Å². The standard InChI is InChI=1S/C35H46O13/c1-8-15(2)29(42)47-30-31(5)20-12-21(38)33(7)25(34(20,14-44-30)27(41)24(45-16(3)36)28(31)46-17(4)37)23(39)26(40)32(6)19(18-9-10-43-13-18)11-22-35(32,33)48-22/h9-10,13,15,19-22,24-28,30,38,40-41H,8,11-12,14H2,1-7H3/t15-,19+,20+,21-,22-,24-,25?,26+,27+,28-,30-,31+,32+,33+,34+,35+/m1/s1. The molecule has 16 atom stereocenters. The van der Waals surface area contributed by atoms with Gasteiger partial charge in [0, 0.05) is 41.9 Å². The van der Waals surface area contributed by atoms with Crippen LogP contribution in [0.5, 0.6) is 0 Å². The molecular formula is C35H46O13. The molecule has 1 unspecified atom stereocenters. The second-order valence-corrected chi connectivity index (χ2v) is 15.7. The van der Waals surface area contributed by atoms with Gasteiger partial charge in [0.15, 0.2) is 18.0 Å². The Labute approximate surface area is 278 Å². The highest BCUT2D eigenvalue weighted by Crippen LogP contribution is 2.82. The fraction of sp³-hybridized carbons (Fsp3) is 0.771. The maximum atomic E-state index is 15.0. The van der Waals surface area contributed by atoms with Gasteiger partial charge in [-0.3, -0.25) is 19.2 Å². The van der Waals surface area contributed by atoms with Gasteiger partial charge in [0.25, 0.3) is 0 Å². The Kier molecular flexibility index (Phi) is 7.42. The van der Waals surface area contributed by atoms with Gasteiger partial charge in [-0.1, -0.05) is 27.7 Å². The Balaban J connectivity index is 1.42. The van der Waals surface area contributed by atoms with Gasteiger partial charge in [0.2, 0.25) is 6.29 Å². The topological polar surface area (TPSA) is 192 Å². The van der Waals surface area contributed by atoms with Crippen molar-refractivity contribution >= 4 is 23.7 Å². The third-order valence-corrected chi connectivity index (χ3v) is 13.9. The second-order valence-electron chi connectivity index (χ2n) is 15.7. The molecule has 13 heteroatoms. The van der Waals surface area contributed by atoms with Crippen LogP contribution < -0.4 is 0 Å². The molecule has 6 aliphatic rings. The molecule has 13 nitrogen and oxygen atoms in total. The molecule has 6 fully saturated rings. The van der Waals surface area contributed by atoms with Gasteiger partial charge in [0.1, 0.15) is 17.8 Å². The van der Waals surface area contributed by atoms with Gasteiger partial charge < -0.3 is 43.4 Å². The monoisotopic (exact) mass is 674 g/mol. The Morgan fingerprint density at radius 3 is 2.31 bits per heavy atom. The van der Waals surface area contributed by atoms with Crippen LogP contribution in [0.3, 0.4) is 0 Å². The minimum Gasteiger partial charge on any atom is -0.472 e. The zero-order valence-electron chi connectivity index (χ0n) is 28.3. The number of aliphatic hydroxyl groups is 3. The summed E-state index contributed by atoms with van der Waals surface area (Å²) in [6, 6.07) is 1.80. The van der Waals surface area contributed by atoms with Gasteiger partial charge in [-0.25, -0.2) is 0 Å². The zero-order chi connectivity index (χ0) is 34.9. The zero-order valence-corrected chi connectivity index (χ0v) is 28.3. The number of carbonyl (C=O) groups is 4. The van der Waals surface area contributed by atoms with Gasteiger partial charge in [-0.15, -0.1) is 0 Å². The van der Waals surface area contributed by atoms with E-state index in [0.29, 0.717) is 12.8 Å². The molecule has 0 aromatic carbocycles. The minimum absolute atomic E-state index is 0.0283. The van der Waals surface area contributed by atoms with E-state index in [4.69, 9.17) is 28.1 Å². The summed E-state index contributed by atoms with van der Waals surface area (Å²) in [7, 11) is 0. The fourth-order valence-electron chi connectivity index (χ4n) is 11.6. The van der Waals surface area contributed by atoms with E-state index in [0.717, 1.165) is 12.5 Å². The van der Waals surface area contributed by atoms with Crippen molar-refractivity contribution in [3.8, 4) is 0 Å². The van der Waals surface area contributed by atoms with Crippen molar-refractivity contribution in [2.45, 2.75) is 122 Å². The lowest BCUT2D eigenvalue weighted by Crippen LogP contribution is -2.84. The van der Waals surface area contributed by atoms with E-state index in [9.17, 15) is 29.7 Å². The van der Waals surface area contributed by atoms with Crippen LogP contribution in [0.1, 0.15) is 79.2 Å². The SMILES string of the molecule is CC[C@@H](C)C(=O)O[C@H]1OC[C@@]23C4C(=O)[C@H](O)[C@]5(C)[C@H](c6ccoc6)C[C@H]6O[C@@]65[C@@]4(C)[C@H](O)C[C@H]2[C@@]1(C)[C@H](OC(C)=O)[C@H](OC(C)=O)[C@@H]3O. The molecule has 1 aromatic rings. The largest absolute Gasteiger partial charge is 0.472 e. The first kappa shape index (κ1) is 33.6. The van der Waals surface area contributed by atoms with Crippen molar-refractivity contribution in [3.05, 3.63) is 24.2 Å². The maximum absolute atomic E-state index is 15.0. The van der Waals surface area contributed by atoms with Crippen LogP contribution in [-0.2, 0) is 42.9 Å².